The van der Waals surface area contributed by atoms with E-state index in [1.54, 1.807) is 29.1 Å². The number of carbonyl (C=O) groups excluding carboxylic acids is 1. The summed E-state index contributed by atoms with van der Waals surface area (Å²) in [6, 6.07) is 8.29. The minimum atomic E-state index is -3.52. The second-order valence-electron chi connectivity index (χ2n) is 6.21. The average molecular weight is 391 g/mol. The van der Waals surface area contributed by atoms with Crippen molar-refractivity contribution in [3.8, 4) is 0 Å². The van der Waals surface area contributed by atoms with E-state index in [-0.39, 0.29) is 10.8 Å². The highest BCUT2D eigenvalue weighted by Gasteiger charge is 2.18. The molecule has 1 N–H and O–H groups in total. The molecule has 0 saturated heterocycles. The Morgan fingerprint density at radius 3 is 2.81 bits per heavy atom. The number of sulfonamides is 1. The van der Waals surface area contributed by atoms with Crippen molar-refractivity contribution in [3.05, 3.63) is 42.4 Å². The summed E-state index contributed by atoms with van der Waals surface area (Å²) in [6.45, 7) is 0.867. The maximum absolute atomic E-state index is 12.2. The number of nitrogens with one attached hydrogen (secondary N) is 1. The first-order valence-electron chi connectivity index (χ1n) is 8.43. The Morgan fingerprint density at radius 2 is 2.11 bits per heavy atom. The Kier molecular flexibility index (Phi) is 5.57. The summed E-state index contributed by atoms with van der Waals surface area (Å²) in [5, 5.41) is 10.9. The molecule has 0 fully saturated rings. The fourth-order valence-corrected chi connectivity index (χ4v) is 3.49. The van der Waals surface area contributed by atoms with Crippen LogP contribution in [0.2, 0.25) is 0 Å². The Labute approximate surface area is 157 Å². The van der Waals surface area contributed by atoms with Crippen molar-refractivity contribution in [1.82, 2.24) is 24.6 Å². The van der Waals surface area contributed by atoms with Gasteiger partial charge in [-0.1, -0.05) is 5.21 Å². The predicted molar refractivity (Wildman–Crippen MR) is 98.2 cm³/mol. The van der Waals surface area contributed by atoms with Gasteiger partial charge in [-0.25, -0.2) is 17.4 Å². The molecule has 9 nitrogen and oxygen atoms in total. The van der Waals surface area contributed by atoms with Gasteiger partial charge in [-0.05, 0) is 36.8 Å². The van der Waals surface area contributed by atoms with Crippen LogP contribution in [0.4, 0.5) is 0 Å². The van der Waals surface area contributed by atoms with Crippen molar-refractivity contribution in [1.29, 1.82) is 0 Å². The van der Waals surface area contributed by atoms with Gasteiger partial charge in [0.1, 0.15) is 11.3 Å². The van der Waals surface area contributed by atoms with Crippen LogP contribution in [0.25, 0.3) is 11.0 Å². The molecule has 0 spiro atoms. The van der Waals surface area contributed by atoms with Gasteiger partial charge in [-0.3, -0.25) is 4.79 Å². The molecule has 0 aliphatic rings. The van der Waals surface area contributed by atoms with Crippen molar-refractivity contribution in [2.45, 2.75) is 30.8 Å². The zero-order valence-corrected chi connectivity index (χ0v) is 15.9. The van der Waals surface area contributed by atoms with E-state index in [2.05, 4.69) is 15.6 Å². The number of hydrogen-bond donors (Lipinski definition) is 1. The zero-order valence-electron chi connectivity index (χ0n) is 15.1. The zero-order chi connectivity index (χ0) is 19.4. The summed E-state index contributed by atoms with van der Waals surface area (Å²) in [4.78, 5) is 12.1. The van der Waals surface area contributed by atoms with E-state index >= 15 is 0 Å². The highest BCUT2D eigenvalue weighted by Crippen LogP contribution is 2.19. The molecule has 2 heterocycles. The number of nitrogens with zero attached hydrogens (tertiary/aromatic N) is 4. The standard InChI is InChI=1S/C17H21N5O4S/c1-21(2)27(24,25)14-7-8-16-15(11-14)19-20-22(16)9-3-6-17(23)18-12-13-5-4-10-26-13/h4-5,7-8,10-11H,3,6,9,12H2,1-2H3,(H,18,23). The van der Waals surface area contributed by atoms with Crippen LogP contribution in [-0.2, 0) is 27.9 Å². The molecule has 2 aromatic heterocycles. The molecular formula is C17H21N5O4S. The lowest BCUT2D eigenvalue weighted by molar-refractivity contribution is -0.121. The van der Waals surface area contributed by atoms with Crippen molar-refractivity contribution >= 4 is 27.0 Å². The number of hydrogen-bond acceptors (Lipinski definition) is 6. The molecule has 0 unspecified atom stereocenters. The van der Waals surface area contributed by atoms with E-state index in [1.165, 1.54) is 26.2 Å². The third-order valence-electron chi connectivity index (χ3n) is 4.08. The SMILES string of the molecule is CN(C)S(=O)(=O)c1ccc2c(c1)nnn2CCCC(=O)NCc1ccco1. The van der Waals surface area contributed by atoms with Crippen LogP contribution >= 0.6 is 0 Å². The van der Waals surface area contributed by atoms with Crippen molar-refractivity contribution in [3.63, 3.8) is 0 Å². The number of fused-ring (bicyclic) bond motifs is 1. The fourth-order valence-electron chi connectivity index (χ4n) is 2.57. The van der Waals surface area contributed by atoms with Crippen molar-refractivity contribution in [2.75, 3.05) is 14.1 Å². The third kappa shape index (κ3) is 4.34. The van der Waals surface area contributed by atoms with Gasteiger partial charge < -0.3 is 9.73 Å². The van der Waals surface area contributed by atoms with E-state index in [0.717, 1.165) is 9.82 Å². The first-order valence-corrected chi connectivity index (χ1v) is 9.87. The summed E-state index contributed by atoms with van der Waals surface area (Å²) in [5.41, 5.74) is 1.23. The van der Waals surface area contributed by atoms with Crippen LogP contribution in [0.15, 0.2) is 45.9 Å². The summed E-state index contributed by atoms with van der Waals surface area (Å²) in [7, 11) is -0.558. The largest absolute Gasteiger partial charge is 0.467 e. The van der Waals surface area contributed by atoms with Crippen LogP contribution in [0.5, 0.6) is 0 Å². The molecule has 0 aliphatic carbocycles. The van der Waals surface area contributed by atoms with Gasteiger partial charge in [0.05, 0.1) is 23.2 Å². The molecule has 3 rings (SSSR count). The second-order valence-corrected chi connectivity index (χ2v) is 8.36. The Bertz CT molecular complexity index is 1020. The molecule has 0 saturated carbocycles. The van der Waals surface area contributed by atoms with Gasteiger partial charge in [0, 0.05) is 27.1 Å². The number of aryl methyl sites for hydroxylation is 1. The van der Waals surface area contributed by atoms with E-state index in [1.807, 2.05) is 0 Å². The topological polar surface area (TPSA) is 110 Å². The molecular weight excluding hydrogens is 370 g/mol. The van der Waals surface area contributed by atoms with E-state index < -0.39 is 10.0 Å². The van der Waals surface area contributed by atoms with E-state index in [0.29, 0.717) is 37.2 Å². The molecule has 0 bridgehead atoms. The number of amides is 1. The smallest absolute Gasteiger partial charge is 0.242 e. The Hall–Kier alpha value is -2.72. The lowest BCUT2D eigenvalue weighted by Gasteiger charge is -2.11. The lowest BCUT2D eigenvalue weighted by atomic mass is 10.2. The van der Waals surface area contributed by atoms with Gasteiger partial charge in [0.15, 0.2) is 0 Å². The van der Waals surface area contributed by atoms with Crippen LogP contribution < -0.4 is 5.32 Å². The normalized spacial score (nSPS) is 12.0. The summed E-state index contributed by atoms with van der Waals surface area (Å²) in [5.74, 6) is 0.629. The summed E-state index contributed by atoms with van der Waals surface area (Å²) in [6.07, 6.45) is 2.49. The second kappa shape index (κ2) is 7.89. The van der Waals surface area contributed by atoms with Crippen LogP contribution in [-0.4, -0.2) is 47.7 Å². The number of benzene rings is 1. The first-order chi connectivity index (χ1) is 12.9. The average Bonchev–Trinajstić information content (AvgIpc) is 3.29. The van der Waals surface area contributed by atoms with Crippen LogP contribution in [0, 0.1) is 0 Å². The molecule has 0 atom stereocenters. The molecule has 1 aromatic carbocycles. The minimum Gasteiger partial charge on any atom is -0.467 e. The Morgan fingerprint density at radius 1 is 1.30 bits per heavy atom. The quantitative estimate of drug-likeness (QED) is 0.621. The van der Waals surface area contributed by atoms with E-state index in [9.17, 15) is 13.2 Å². The number of furan rings is 1. The van der Waals surface area contributed by atoms with Crippen molar-refractivity contribution in [2.24, 2.45) is 0 Å². The van der Waals surface area contributed by atoms with Gasteiger partial charge in [-0.15, -0.1) is 5.10 Å². The molecule has 1 amide bonds. The lowest BCUT2D eigenvalue weighted by Crippen LogP contribution is -2.22. The molecule has 10 heteroatoms. The number of aromatic nitrogens is 3. The van der Waals surface area contributed by atoms with Gasteiger partial charge >= 0.3 is 0 Å². The molecule has 0 radical (unpaired) electrons. The maximum atomic E-state index is 12.2. The molecule has 3 aromatic rings. The van der Waals surface area contributed by atoms with Gasteiger partial charge in [0.25, 0.3) is 0 Å². The fraction of sp³-hybridized carbons (Fsp3) is 0.353. The molecule has 27 heavy (non-hydrogen) atoms. The molecule has 0 aliphatic heterocycles. The first kappa shape index (κ1) is 19.1. The summed E-state index contributed by atoms with van der Waals surface area (Å²) >= 11 is 0. The highest BCUT2D eigenvalue weighted by molar-refractivity contribution is 7.89. The van der Waals surface area contributed by atoms with Crippen LogP contribution in [0.1, 0.15) is 18.6 Å². The third-order valence-corrected chi connectivity index (χ3v) is 5.89. The monoisotopic (exact) mass is 391 g/mol. The Balaban J connectivity index is 1.58. The van der Waals surface area contributed by atoms with Gasteiger partial charge in [-0.2, -0.15) is 0 Å². The van der Waals surface area contributed by atoms with Crippen LogP contribution in [0.3, 0.4) is 0 Å². The number of carbonyl (C=O) groups is 1. The number of rotatable bonds is 8. The van der Waals surface area contributed by atoms with Gasteiger partial charge in [0.2, 0.25) is 15.9 Å². The molecule has 144 valence electrons. The predicted octanol–water partition coefficient (Wildman–Crippen LogP) is 1.37. The summed E-state index contributed by atoms with van der Waals surface area (Å²) < 4.78 is 32.4. The highest BCUT2D eigenvalue weighted by atomic mass is 32.2. The maximum Gasteiger partial charge on any atom is 0.242 e. The minimum absolute atomic E-state index is 0.0739. The van der Waals surface area contributed by atoms with Crippen molar-refractivity contribution < 1.29 is 17.6 Å². The van der Waals surface area contributed by atoms with E-state index in [4.69, 9.17) is 4.42 Å².